The Morgan fingerprint density at radius 2 is 2.08 bits per heavy atom. The Balaban J connectivity index is 3.36. The predicted molar refractivity (Wildman–Crippen MR) is 39.8 cm³/mol. The summed E-state index contributed by atoms with van der Waals surface area (Å²) in [6.07, 6.45) is 0. The van der Waals surface area contributed by atoms with Gasteiger partial charge < -0.3 is 10.2 Å². The molecule has 0 saturated heterocycles. The van der Waals surface area contributed by atoms with E-state index in [2.05, 4.69) is 0 Å². The van der Waals surface area contributed by atoms with Crippen molar-refractivity contribution in [2.75, 3.05) is 0 Å². The standard InChI is InChI=1S/C8H7FO3/c1-4-2-3-5(8(11)12)7(10)6(4)9/h2-3,10H,1H3,(H,11,12). The molecular weight excluding hydrogens is 163 g/mol. The van der Waals surface area contributed by atoms with Crippen molar-refractivity contribution in [3.8, 4) is 5.75 Å². The SMILES string of the molecule is Cc1ccc(C(=O)O)c(O)c1F. The third kappa shape index (κ3) is 1.23. The maximum Gasteiger partial charge on any atom is 0.339 e. The summed E-state index contributed by atoms with van der Waals surface area (Å²) in [4.78, 5) is 10.4. The second kappa shape index (κ2) is 2.81. The number of hydrogen-bond donors (Lipinski definition) is 2. The van der Waals surface area contributed by atoms with Crippen LogP contribution < -0.4 is 0 Å². The summed E-state index contributed by atoms with van der Waals surface area (Å²) in [6, 6.07) is 2.47. The molecule has 4 heteroatoms. The Bertz CT molecular complexity index is 333. The minimum Gasteiger partial charge on any atom is -0.504 e. The highest BCUT2D eigenvalue weighted by Gasteiger charge is 2.14. The van der Waals surface area contributed by atoms with Crippen LogP contribution in [0.25, 0.3) is 0 Å². The summed E-state index contributed by atoms with van der Waals surface area (Å²) in [5, 5.41) is 17.4. The molecule has 0 radical (unpaired) electrons. The van der Waals surface area contributed by atoms with E-state index in [1.165, 1.54) is 13.0 Å². The van der Waals surface area contributed by atoms with Gasteiger partial charge in [-0.1, -0.05) is 6.07 Å². The van der Waals surface area contributed by atoms with Gasteiger partial charge in [0.2, 0.25) is 0 Å². The molecule has 0 aliphatic rings. The molecule has 0 bridgehead atoms. The number of aromatic hydroxyl groups is 1. The number of hydrogen-bond acceptors (Lipinski definition) is 2. The lowest BCUT2D eigenvalue weighted by molar-refractivity contribution is 0.0693. The van der Waals surface area contributed by atoms with E-state index in [4.69, 9.17) is 10.2 Å². The lowest BCUT2D eigenvalue weighted by Crippen LogP contribution is -1.99. The van der Waals surface area contributed by atoms with Crippen molar-refractivity contribution in [1.29, 1.82) is 0 Å². The molecule has 0 unspecified atom stereocenters. The summed E-state index contributed by atoms with van der Waals surface area (Å²) in [5.41, 5.74) is -0.199. The predicted octanol–water partition coefficient (Wildman–Crippen LogP) is 1.54. The fourth-order valence-corrected chi connectivity index (χ4v) is 0.838. The Morgan fingerprint density at radius 1 is 1.50 bits per heavy atom. The van der Waals surface area contributed by atoms with Crippen LogP contribution >= 0.6 is 0 Å². The molecule has 0 aromatic heterocycles. The summed E-state index contributed by atoms with van der Waals surface area (Å²) < 4.78 is 12.8. The highest BCUT2D eigenvalue weighted by molar-refractivity contribution is 5.90. The van der Waals surface area contributed by atoms with Gasteiger partial charge in [-0.05, 0) is 18.6 Å². The molecule has 0 amide bonds. The van der Waals surface area contributed by atoms with Crippen LogP contribution in [0.4, 0.5) is 4.39 Å². The van der Waals surface area contributed by atoms with Crippen LogP contribution in [0, 0.1) is 12.7 Å². The van der Waals surface area contributed by atoms with Gasteiger partial charge in [0.15, 0.2) is 11.6 Å². The van der Waals surface area contributed by atoms with Crippen molar-refractivity contribution >= 4 is 5.97 Å². The molecule has 0 saturated carbocycles. The number of phenols is 1. The van der Waals surface area contributed by atoms with Gasteiger partial charge in [0.1, 0.15) is 5.56 Å². The Kier molecular flexibility index (Phi) is 1.99. The van der Waals surface area contributed by atoms with E-state index in [0.29, 0.717) is 0 Å². The Labute approximate surface area is 68.1 Å². The van der Waals surface area contributed by atoms with Gasteiger partial charge in [-0.15, -0.1) is 0 Å². The monoisotopic (exact) mass is 170 g/mol. The van der Waals surface area contributed by atoms with E-state index < -0.39 is 23.1 Å². The van der Waals surface area contributed by atoms with Crippen molar-refractivity contribution in [1.82, 2.24) is 0 Å². The molecular formula is C8H7FO3. The molecule has 3 nitrogen and oxygen atoms in total. The zero-order valence-electron chi connectivity index (χ0n) is 6.34. The van der Waals surface area contributed by atoms with Gasteiger partial charge in [0, 0.05) is 0 Å². The quantitative estimate of drug-likeness (QED) is 0.672. The van der Waals surface area contributed by atoms with E-state index in [9.17, 15) is 9.18 Å². The topological polar surface area (TPSA) is 57.5 Å². The first-order chi connectivity index (χ1) is 5.54. The van der Waals surface area contributed by atoms with Gasteiger partial charge in [0.25, 0.3) is 0 Å². The largest absolute Gasteiger partial charge is 0.504 e. The number of carbonyl (C=O) groups is 1. The summed E-state index contributed by atoms with van der Waals surface area (Å²) >= 11 is 0. The lowest BCUT2D eigenvalue weighted by atomic mass is 10.1. The van der Waals surface area contributed by atoms with Crippen LogP contribution in [-0.2, 0) is 0 Å². The van der Waals surface area contributed by atoms with Crippen LogP contribution in [0.3, 0.4) is 0 Å². The third-order valence-corrected chi connectivity index (χ3v) is 1.54. The van der Waals surface area contributed by atoms with Crippen LogP contribution in [0.15, 0.2) is 12.1 Å². The smallest absolute Gasteiger partial charge is 0.339 e. The zero-order chi connectivity index (χ0) is 9.30. The van der Waals surface area contributed by atoms with Crippen LogP contribution in [0.2, 0.25) is 0 Å². The number of rotatable bonds is 1. The summed E-state index contributed by atoms with van der Waals surface area (Å²) in [5.74, 6) is -3.02. The molecule has 0 atom stereocenters. The van der Waals surface area contributed by atoms with Gasteiger partial charge in [-0.25, -0.2) is 9.18 Å². The zero-order valence-corrected chi connectivity index (χ0v) is 6.34. The molecule has 0 fully saturated rings. The third-order valence-electron chi connectivity index (χ3n) is 1.54. The molecule has 1 aromatic carbocycles. The molecule has 1 rings (SSSR count). The van der Waals surface area contributed by atoms with E-state index in [1.54, 1.807) is 0 Å². The number of carboxylic acids is 1. The Morgan fingerprint density at radius 3 is 2.58 bits per heavy atom. The van der Waals surface area contributed by atoms with Gasteiger partial charge in [0.05, 0.1) is 0 Å². The first kappa shape index (κ1) is 8.52. The molecule has 2 N–H and O–H groups in total. The lowest BCUT2D eigenvalue weighted by Gasteiger charge is -2.02. The first-order valence-electron chi connectivity index (χ1n) is 3.25. The van der Waals surface area contributed by atoms with Crippen molar-refractivity contribution in [2.45, 2.75) is 6.92 Å². The van der Waals surface area contributed by atoms with Gasteiger partial charge in [-0.2, -0.15) is 0 Å². The Hall–Kier alpha value is -1.58. The van der Waals surface area contributed by atoms with E-state index in [0.717, 1.165) is 6.07 Å². The molecule has 0 heterocycles. The van der Waals surface area contributed by atoms with Gasteiger partial charge in [-0.3, -0.25) is 0 Å². The van der Waals surface area contributed by atoms with Crippen molar-refractivity contribution in [2.24, 2.45) is 0 Å². The average Bonchev–Trinajstić information content (AvgIpc) is 2.00. The molecule has 12 heavy (non-hydrogen) atoms. The van der Waals surface area contributed by atoms with E-state index in [1.807, 2.05) is 0 Å². The normalized spacial score (nSPS) is 9.83. The molecule has 0 aliphatic heterocycles. The second-order valence-electron chi connectivity index (χ2n) is 2.40. The fraction of sp³-hybridized carbons (Fsp3) is 0.125. The van der Waals surface area contributed by atoms with Gasteiger partial charge >= 0.3 is 5.97 Å². The minimum absolute atomic E-state index is 0.220. The molecule has 0 spiro atoms. The molecule has 64 valence electrons. The first-order valence-corrected chi connectivity index (χ1v) is 3.25. The van der Waals surface area contributed by atoms with Crippen LogP contribution in [0.5, 0.6) is 5.75 Å². The molecule has 1 aromatic rings. The van der Waals surface area contributed by atoms with E-state index in [-0.39, 0.29) is 5.56 Å². The van der Waals surface area contributed by atoms with Crippen molar-refractivity contribution in [3.63, 3.8) is 0 Å². The van der Waals surface area contributed by atoms with Crippen LogP contribution in [-0.4, -0.2) is 16.2 Å². The fourth-order valence-electron chi connectivity index (χ4n) is 0.838. The average molecular weight is 170 g/mol. The highest BCUT2D eigenvalue weighted by atomic mass is 19.1. The van der Waals surface area contributed by atoms with Crippen molar-refractivity contribution < 1.29 is 19.4 Å². The maximum atomic E-state index is 12.8. The van der Waals surface area contributed by atoms with Crippen molar-refractivity contribution in [3.05, 3.63) is 29.1 Å². The summed E-state index contributed by atoms with van der Waals surface area (Å²) in [6.45, 7) is 1.45. The number of aryl methyl sites for hydroxylation is 1. The summed E-state index contributed by atoms with van der Waals surface area (Å²) in [7, 11) is 0. The van der Waals surface area contributed by atoms with Crippen LogP contribution in [0.1, 0.15) is 15.9 Å². The minimum atomic E-state index is -1.34. The van der Waals surface area contributed by atoms with E-state index >= 15 is 0 Å². The maximum absolute atomic E-state index is 12.8. The number of halogens is 1. The number of carboxylic acid groups (broad SMARTS) is 1. The molecule has 0 aliphatic carbocycles. The number of benzene rings is 1. The number of aromatic carboxylic acids is 1. The second-order valence-corrected chi connectivity index (χ2v) is 2.40. The highest BCUT2D eigenvalue weighted by Crippen LogP contribution is 2.23.